The van der Waals surface area contributed by atoms with Gasteiger partial charge in [-0.25, -0.2) is 0 Å². The molecule has 10 rings (SSSR count). The maximum Gasteiger partial charge on any atom is 0.101 e. The van der Waals surface area contributed by atoms with Crippen molar-refractivity contribution in [3.8, 4) is 34.4 Å². The molecule has 0 fully saturated rings. The van der Waals surface area contributed by atoms with Gasteiger partial charge in [-0.15, -0.1) is 0 Å². The van der Waals surface area contributed by atoms with Crippen LogP contribution >= 0.6 is 0 Å². The molecule has 0 aromatic heterocycles. The van der Waals surface area contributed by atoms with Gasteiger partial charge in [0.2, 0.25) is 0 Å². The molecule has 0 N–H and O–H groups in total. The van der Waals surface area contributed by atoms with Crippen molar-refractivity contribution in [2.45, 2.75) is 27.7 Å². The quantitative estimate of drug-likeness (QED) is 0.144. The molecule has 294 valence electrons. The van der Waals surface area contributed by atoms with Crippen molar-refractivity contribution in [3.05, 3.63) is 215 Å². The van der Waals surface area contributed by atoms with E-state index < -0.39 is 0 Å². The van der Waals surface area contributed by atoms with Crippen LogP contribution in [0.25, 0.3) is 54.6 Å². The van der Waals surface area contributed by atoms with E-state index in [2.05, 4.69) is 183 Å². The summed E-state index contributed by atoms with van der Waals surface area (Å²) in [6.07, 6.45) is 0. The van der Waals surface area contributed by atoms with E-state index in [1.165, 1.54) is 0 Å². The molecular formula is C58H42N4. The van der Waals surface area contributed by atoms with Crippen LogP contribution in [-0.2, 0) is 0 Å². The van der Waals surface area contributed by atoms with E-state index in [0.717, 1.165) is 111 Å². The predicted molar refractivity (Wildman–Crippen MR) is 259 cm³/mol. The first-order valence-corrected chi connectivity index (χ1v) is 20.9. The summed E-state index contributed by atoms with van der Waals surface area (Å²) >= 11 is 0. The highest BCUT2D eigenvalue weighted by atomic mass is 15.2. The molecule has 0 spiro atoms. The Hall–Kier alpha value is -8.18. The number of nitrogens with zero attached hydrogens (tertiary/aromatic N) is 4. The summed E-state index contributed by atoms with van der Waals surface area (Å²) in [6.45, 7) is 8.49. The van der Waals surface area contributed by atoms with Crippen molar-refractivity contribution >= 4 is 66.4 Å². The van der Waals surface area contributed by atoms with Gasteiger partial charge in [-0.1, -0.05) is 121 Å². The third kappa shape index (κ3) is 6.65. The van der Waals surface area contributed by atoms with Gasteiger partial charge < -0.3 is 9.80 Å². The first-order chi connectivity index (χ1) is 30.3. The summed E-state index contributed by atoms with van der Waals surface area (Å²) in [6, 6.07) is 68.9. The van der Waals surface area contributed by atoms with Crippen LogP contribution in [0, 0.1) is 50.4 Å². The van der Waals surface area contributed by atoms with Gasteiger partial charge in [-0.2, -0.15) is 10.5 Å². The fourth-order valence-electron chi connectivity index (χ4n) is 9.40. The Morgan fingerprint density at radius 1 is 0.339 bits per heavy atom. The highest BCUT2D eigenvalue weighted by Crippen LogP contribution is 2.49. The van der Waals surface area contributed by atoms with Crippen LogP contribution < -0.4 is 9.80 Å². The van der Waals surface area contributed by atoms with Crippen LogP contribution in [0.3, 0.4) is 0 Å². The normalized spacial score (nSPS) is 11.2. The Labute approximate surface area is 362 Å². The lowest BCUT2D eigenvalue weighted by molar-refractivity contribution is 1.25. The molecule has 0 saturated heterocycles. The molecule has 0 saturated carbocycles. The summed E-state index contributed by atoms with van der Waals surface area (Å²) in [4.78, 5) is 4.52. The Bertz CT molecular complexity index is 3160. The second-order valence-electron chi connectivity index (χ2n) is 16.4. The number of rotatable bonds is 8. The van der Waals surface area contributed by atoms with Gasteiger partial charge in [0.05, 0.1) is 33.9 Å². The third-order valence-corrected chi connectivity index (χ3v) is 12.0. The molecule has 0 heterocycles. The number of hydrogen-bond acceptors (Lipinski definition) is 4. The van der Waals surface area contributed by atoms with E-state index in [1.54, 1.807) is 0 Å². The SMILES string of the molecule is Cc1cc(C)cc(N(c2ccc(-c3ccccc3)cc2C#N)c2ccc3ccc4c(N(c5cc(C)cc(C)c5)c5ccc(-c6ccccc6)cc5C#N)ccc5ccc2c3c54)c1. The Kier molecular flexibility index (Phi) is 9.48. The van der Waals surface area contributed by atoms with E-state index in [1.807, 2.05) is 48.5 Å². The molecule has 0 radical (unpaired) electrons. The van der Waals surface area contributed by atoms with E-state index in [4.69, 9.17) is 0 Å². The first kappa shape index (κ1) is 38.0. The molecule has 4 nitrogen and oxygen atoms in total. The number of benzene rings is 10. The lowest BCUT2D eigenvalue weighted by atomic mass is 9.91. The van der Waals surface area contributed by atoms with Crippen molar-refractivity contribution in [3.63, 3.8) is 0 Å². The summed E-state index contributed by atoms with van der Waals surface area (Å²) in [5, 5.41) is 28.3. The fourth-order valence-corrected chi connectivity index (χ4v) is 9.40. The summed E-state index contributed by atoms with van der Waals surface area (Å²) in [5.41, 5.74) is 15.5. The number of anilines is 6. The molecule has 4 heteroatoms. The summed E-state index contributed by atoms with van der Waals surface area (Å²) < 4.78 is 0. The standard InChI is InChI=1S/C58H42N4/c1-37-27-38(2)30-49(29-37)61(53-23-19-45(33-47(53)35-59)41-11-7-5-8-12-41)55-25-17-43-16-22-52-56(26-18-44-15-21-51(55)57(43)58(44)52)62(50-31-39(3)28-40(4)32-50)54-24-20-46(34-48(54)36-60)42-13-9-6-10-14-42/h5-34H,1-4H3. The zero-order valence-electron chi connectivity index (χ0n) is 35.1. The second-order valence-corrected chi connectivity index (χ2v) is 16.4. The van der Waals surface area contributed by atoms with E-state index >= 15 is 0 Å². The van der Waals surface area contributed by atoms with Gasteiger partial charge >= 0.3 is 0 Å². The first-order valence-electron chi connectivity index (χ1n) is 20.9. The lowest BCUT2D eigenvalue weighted by Crippen LogP contribution is -2.13. The topological polar surface area (TPSA) is 54.1 Å². The molecule has 10 aromatic rings. The van der Waals surface area contributed by atoms with Crippen LogP contribution in [0.15, 0.2) is 182 Å². The molecule has 10 aromatic carbocycles. The van der Waals surface area contributed by atoms with Gasteiger partial charge in [0.25, 0.3) is 0 Å². The molecular weight excluding hydrogens is 753 g/mol. The Morgan fingerprint density at radius 3 is 1.06 bits per heavy atom. The highest BCUT2D eigenvalue weighted by Gasteiger charge is 2.25. The smallest absolute Gasteiger partial charge is 0.101 e. The van der Waals surface area contributed by atoms with Crippen LogP contribution in [-0.4, -0.2) is 0 Å². The minimum Gasteiger partial charge on any atom is -0.309 e. The van der Waals surface area contributed by atoms with Crippen LogP contribution in [0.2, 0.25) is 0 Å². The van der Waals surface area contributed by atoms with Gasteiger partial charge in [-0.3, -0.25) is 0 Å². The van der Waals surface area contributed by atoms with Crippen molar-refractivity contribution in [1.82, 2.24) is 0 Å². The minimum atomic E-state index is 0.592. The lowest BCUT2D eigenvalue weighted by Gasteiger charge is -2.30. The van der Waals surface area contributed by atoms with Gasteiger partial charge in [0.15, 0.2) is 0 Å². The van der Waals surface area contributed by atoms with E-state index in [9.17, 15) is 10.5 Å². The van der Waals surface area contributed by atoms with Gasteiger partial charge in [0, 0.05) is 22.1 Å². The largest absolute Gasteiger partial charge is 0.309 e. The molecule has 0 bridgehead atoms. The number of hydrogen-bond donors (Lipinski definition) is 0. The van der Waals surface area contributed by atoms with Crippen LogP contribution in [0.1, 0.15) is 33.4 Å². The maximum atomic E-state index is 10.8. The number of aryl methyl sites for hydroxylation is 4. The third-order valence-electron chi connectivity index (χ3n) is 12.0. The van der Waals surface area contributed by atoms with Crippen molar-refractivity contribution < 1.29 is 0 Å². The number of nitriles is 2. The molecule has 0 atom stereocenters. The van der Waals surface area contributed by atoms with Crippen LogP contribution in [0.4, 0.5) is 34.1 Å². The zero-order valence-corrected chi connectivity index (χ0v) is 35.1. The molecule has 0 aliphatic rings. The van der Waals surface area contributed by atoms with Crippen LogP contribution in [0.5, 0.6) is 0 Å². The average molecular weight is 795 g/mol. The van der Waals surface area contributed by atoms with Crippen molar-refractivity contribution in [2.75, 3.05) is 9.80 Å². The summed E-state index contributed by atoms with van der Waals surface area (Å²) in [5.74, 6) is 0. The minimum absolute atomic E-state index is 0.592. The van der Waals surface area contributed by atoms with Gasteiger partial charge in [0.1, 0.15) is 12.1 Å². The molecule has 0 aliphatic heterocycles. The average Bonchev–Trinajstić information content (AvgIpc) is 3.29. The molecule has 0 amide bonds. The van der Waals surface area contributed by atoms with E-state index in [0.29, 0.717) is 11.1 Å². The molecule has 0 unspecified atom stereocenters. The Balaban J connectivity index is 1.22. The highest BCUT2D eigenvalue weighted by molar-refractivity contribution is 6.28. The summed E-state index contributed by atoms with van der Waals surface area (Å²) in [7, 11) is 0. The van der Waals surface area contributed by atoms with Gasteiger partial charge in [-0.05, 0) is 154 Å². The fraction of sp³-hybridized carbons (Fsp3) is 0.0690. The Morgan fingerprint density at radius 2 is 0.694 bits per heavy atom. The zero-order chi connectivity index (χ0) is 42.5. The predicted octanol–water partition coefficient (Wildman–Crippen LogP) is 15.8. The monoisotopic (exact) mass is 794 g/mol. The molecule has 62 heavy (non-hydrogen) atoms. The van der Waals surface area contributed by atoms with Crippen molar-refractivity contribution in [2.24, 2.45) is 0 Å². The second kappa shape index (κ2) is 15.4. The maximum absolute atomic E-state index is 10.8. The van der Waals surface area contributed by atoms with Crippen molar-refractivity contribution in [1.29, 1.82) is 10.5 Å². The molecule has 0 aliphatic carbocycles. The van der Waals surface area contributed by atoms with E-state index in [-0.39, 0.29) is 0 Å².